The Labute approximate surface area is 166 Å². The standard InChI is InChI=1S/C18H18Cl2N2O3S/c1-2-25-14-6-4-13(5-7-14)18(24)22-21-17(23)11-26-10-12-3-8-15(19)16(20)9-12/h3-9H,2,10-11H2,1H3,(H,21,23)(H,22,24). The summed E-state index contributed by atoms with van der Waals surface area (Å²) >= 11 is 13.2. The van der Waals surface area contributed by atoms with E-state index in [0.29, 0.717) is 33.7 Å². The van der Waals surface area contributed by atoms with E-state index >= 15 is 0 Å². The largest absolute Gasteiger partial charge is 0.494 e. The molecule has 0 aromatic heterocycles. The zero-order valence-electron chi connectivity index (χ0n) is 14.1. The number of rotatable bonds is 7. The molecule has 0 fully saturated rings. The molecule has 2 rings (SSSR count). The Hall–Kier alpha value is -1.89. The Bertz CT molecular complexity index is 770. The van der Waals surface area contributed by atoms with E-state index in [4.69, 9.17) is 27.9 Å². The van der Waals surface area contributed by atoms with Crippen molar-refractivity contribution in [2.75, 3.05) is 12.4 Å². The zero-order chi connectivity index (χ0) is 18.9. The Balaban J connectivity index is 1.72. The average molecular weight is 413 g/mol. The quantitative estimate of drug-likeness (QED) is 0.672. The Kier molecular flexibility index (Phi) is 8.09. The van der Waals surface area contributed by atoms with Crippen molar-refractivity contribution in [3.05, 3.63) is 63.6 Å². The van der Waals surface area contributed by atoms with Crippen LogP contribution in [-0.2, 0) is 10.5 Å². The predicted molar refractivity (Wildman–Crippen MR) is 106 cm³/mol. The molecule has 138 valence electrons. The fourth-order valence-electron chi connectivity index (χ4n) is 1.99. The highest BCUT2D eigenvalue weighted by Gasteiger charge is 2.08. The van der Waals surface area contributed by atoms with Crippen molar-refractivity contribution in [1.82, 2.24) is 10.9 Å². The summed E-state index contributed by atoms with van der Waals surface area (Å²) in [5.74, 6) is 0.804. The first kappa shape index (κ1) is 20.4. The van der Waals surface area contributed by atoms with Crippen LogP contribution in [0.4, 0.5) is 0 Å². The van der Waals surface area contributed by atoms with Crippen molar-refractivity contribution in [1.29, 1.82) is 0 Å². The van der Waals surface area contributed by atoms with Crippen molar-refractivity contribution < 1.29 is 14.3 Å². The van der Waals surface area contributed by atoms with Crippen LogP contribution >= 0.6 is 35.0 Å². The van der Waals surface area contributed by atoms with Crippen molar-refractivity contribution in [3.8, 4) is 5.75 Å². The van der Waals surface area contributed by atoms with Gasteiger partial charge in [-0.15, -0.1) is 11.8 Å². The summed E-state index contributed by atoms with van der Waals surface area (Å²) in [5.41, 5.74) is 6.17. The summed E-state index contributed by atoms with van der Waals surface area (Å²) in [5, 5.41) is 0.979. The number of carbonyl (C=O) groups is 2. The number of hydrogen-bond donors (Lipinski definition) is 2. The van der Waals surface area contributed by atoms with E-state index in [1.54, 1.807) is 36.4 Å². The summed E-state index contributed by atoms with van der Waals surface area (Å²) < 4.78 is 5.31. The van der Waals surface area contributed by atoms with E-state index in [9.17, 15) is 9.59 Å². The third-order valence-corrected chi connectivity index (χ3v) is 4.97. The lowest BCUT2D eigenvalue weighted by Gasteiger charge is -2.08. The second kappa shape index (κ2) is 10.3. The van der Waals surface area contributed by atoms with Gasteiger partial charge in [-0.25, -0.2) is 0 Å². The molecule has 0 aliphatic rings. The number of amides is 2. The monoisotopic (exact) mass is 412 g/mol. The first-order chi connectivity index (χ1) is 12.5. The summed E-state index contributed by atoms with van der Waals surface area (Å²) in [6.45, 7) is 2.44. The number of nitrogens with one attached hydrogen (secondary N) is 2. The van der Waals surface area contributed by atoms with Gasteiger partial charge >= 0.3 is 0 Å². The topological polar surface area (TPSA) is 67.4 Å². The van der Waals surface area contributed by atoms with Crippen LogP contribution in [0.25, 0.3) is 0 Å². The maximum atomic E-state index is 12.0. The van der Waals surface area contributed by atoms with Gasteiger partial charge in [0, 0.05) is 11.3 Å². The van der Waals surface area contributed by atoms with Crippen molar-refractivity contribution in [3.63, 3.8) is 0 Å². The highest BCUT2D eigenvalue weighted by Crippen LogP contribution is 2.24. The van der Waals surface area contributed by atoms with Gasteiger partial charge in [0.1, 0.15) is 5.75 Å². The number of halogens is 2. The highest BCUT2D eigenvalue weighted by atomic mass is 35.5. The minimum atomic E-state index is -0.393. The fourth-order valence-corrected chi connectivity index (χ4v) is 3.09. The van der Waals surface area contributed by atoms with Crippen molar-refractivity contribution in [2.45, 2.75) is 12.7 Å². The number of carbonyl (C=O) groups excluding carboxylic acids is 2. The Morgan fingerprint density at radius 3 is 2.42 bits per heavy atom. The predicted octanol–water partition coefficient (Wildman–Crippen LogP) is 4.09. The van der Waals surface area contributed by atoms with Crippen LogP contribution in [0.3, 0.4) is 0 Å². The lowest BCUT2D eigenvalue weighted by atomic mass is 10.2. The second-order valence-corrected chi connectivity index (χ2v) is 7.00. The maximum Gasteiger partial charge on any atom is 0.269 e. The Morgan fingerprint density at radius 2 is 1.77 bits per heavy atom. The third kappa shape index (κ3) is 6.44. The van der Waals surface area contributed by atoms with Crippen LogP contribution in [0.2, 0.25) is 10.0 Å². The molecule has 2 N–H and O–H groups in total. The van der Waals surface area contributed by atoms with Gasteiger partial charge in [-0.3, -0.25) is 20.4 Å². The molecule has 2 aromatic rings. The number of hydrazine groups is 1. The SMILES string of the molecule is CCOc1ccc(C(=O)NNC(=O)CSCc2ccc(Cl)c(Cl)c2)cc1. The van der Waals surface area contributed by atoms with E-state index in [-0.39, 0.29) is 11.7 Å². The molecule has 8 heteroatoms. The van der Waals surface area contributed by atoms with Crippen LogP contribution in [0.15, 0.2) is 42.5 Å². The lowest BCUT2D eigenvalue weighted by molar-refractivity contribution is -0.119. The van der Waals surface area contributed by atoms with E-state index in [1.165, 1.54) is 11.8 Å². The van der Waals surface area contributed by atoms with Gasteiger partial charge in [-0.1, -0.05) is 29.3 Å². The molecule has 0 radical (unpaired) electrons. The summed E-state index contributed by atoms with van der Waals surface area (Å²) in [6.07, 6.45) is 0. The van der Waals surface area contributed by atoms with E-state index in [1.807, 2.05) is 13.0 Å². The molecule has 26 heavy (non-hydrogen) atoms. The summed E-state index contributed by atoms with van der Waals surface area (Å²) in [7, 11) is 0. The molecule has 0 unspecified atom stereocenters. The molecule has 5 nitrogen and oxygen atoms in total. The van der Waals surface area contributed by atoms with Gasteiger partial charge in [0.2, 0.25) is 5.91 Å². The molecule has 0 saturated heterocycles. The molecule has 0 spiro atoms. The molecule has 0 heterocycles. The molecule has 2 aromatic carbocycles. The van der Waals surface area contributed by atoms with Crippen LogP contribution in [0.5, 0.6) is 5.75 Å². The summed E-state index contributed by atoms with van der Waals surface area (Å²) in [6, 6.07) is 12.0. The average Bonchev–Trinajstić information content (AvgIpc) is 2.63. The zero-order valence-corrected chi connectivity index (χ0v) is 16.4. The third-order valence-electron chi connectivity index (χ3n) is 3.23. The molecular weight excluding hydrogens is 395 g/mol. The van der Waals surface area contributed by atoms with Gasteiger partial charge in [0.25, 0.3) is 5.91 Å². The second-order valence-electron chi connectivity index (χ2n) is 5.20. The smallest absolute Gasteiger partial charge is 0.269 e. The van der Waals surface area contributed by atoms with Gasteiger partial charge < -0.3 is 4.74 Å². The Morgan fingerprint density at radius 1 is 1.04 bits per heavy atom. The molecule has 0 aliphatic carbocycles. The van der Waals surface area contributed by atoms with Crippen LogP contribution in [0.1, 0.15) is 22.8 Å². The molecule has 0 saturated carbocycles. The van der Waals surface area contributed by atoms with Crippen LogP contribution < -0.4 is 15.6 Å². The van der Waals surface area contributed by atoms with Gasteiger partial charge in [-0.2, -0.15) is 0 Å². The highest BCUT2D eigenvalue weighted by molar-refractivity contribution is 7.99. The van der Waals surface area contributed by atoms with E-state index in [0.717, 1.165) is 5.56 Å². The molecule has 2 amide bonds. The first-order valence-corrected chi connectivity index (χ1v) is 9.74. The molecular formula is C18H18Cl2N2O3S. The molecule has 0 atom stereocenters. The van der Waals surface area contributed by atoms with Crippen molar-refractivity contribution >= 4 is 46.8 Å². The number of thioether (sulfide) groups is 1. The number of hydrogen-bond acceptors (Lipinski definition) is 4. The maximum absolute atomic E-state index is 12.0. The van der Waals surface area contributed by atoms with Gasteiger partial charge in [0.05, 0.1) is 22.4 Å². The minimum Gasteiger partial charge on any atom is -0.494 e. The first-order valence-electron chi connectivity index (χ1n) is 7.83. The van der Waals surface area contributed by atoms with E-state index in [2.05, 4.69) is 10.9 Å². The van der Waals surface area contributed by atoms with Gasteiger partial charge in [0.15, 0.2) is 0 Å². The summed E-state index contributed by atoms with van der Waals surface area (Å²) in [4.78, 5) is 23.8. The minimum absolute atomic E-state index is 0.198. The van der Waals surface area contributed by atoms with Crippen molar-refractivity contribution in [2.24, 2.45) is 0 Å². The number of benzene rings is 2. The molecule has 0 aliphatic heterocycles. The normalized spacial score (nSPS) is 10.3. The van der Waals surface area contributed by atoms with E-state index < -0.39 is 5.91 Å². The fraction of sp³-hybridized carbons (Fsp3) is 0.222. The van der Waals surface area contributed by atoms with Gasteiger partial charge in [-0.05, 0) is 48.9 Å². The molecule has 0 bridgehead atoms. The van der Waals surface area contributed by atoms with Crippen LogP contribution in [0, 0.1) is 0 Å². The van der Waals surface area contributed by atoms with Crippen LogP contribution in [-0.4, -0.2) is 24.2 Å². The number of ether oxygens (including phenoxy) is 1. The lowest BCUT2D eigenvalue weighted by Crippen LogP contribution is -2.42.